The Morgan fingerprint density at radius 2 is 2.03 bits per heavy atom. The molecule has 0 radical (unpaired) electrons. The maximum absolute atomic E-state index is 13.0. The largest absolute Gasteiger partial charge is 0.486 e. The number of halogens is 2. The zero-order valence-corrected chi connectivity index (χ0v) is 19.7. The average Bonchev–Trinajstić information content (AvgIpc) is 3.37. The number of fused-ring (bicyclic) bond motifs is 1. The van der Waals surface area contributed by atoms with E-state index in [1.165, 1.54) is 4.90 Å². The van der Waals surface area contributed by atoms with Crippen LogP contribution in [0.15, 0.2) is 17.1 Å². The van der Waals surface area contributed by atoms with Gasteiger partial charge in [-0.2, -0.15) is 0 Å². The molecule has 0 spiro atoms. The van der Waals surface area contributed by atoms with Crippen LogP contribution in [0.5, 0.6) is 5.75 Å². The van der Waals surface area contributed by atoms with Crippen LogP contribution in [0.3, 0.4) is 0 Å². The predicted molar refractivity (Wildman–Crippen MR) is 120 cm³/mol. The summed E-state index contributed by atoms with van der Waals surface area (Å²) < 4.78 is 6.04. The van der Waals surface area contributed by atoms with Gasteiger partial charge in [-0.3, -0.25) is 14.5 Å². The molecule has 3 atom stereocenters. The highest BCUT2D eigenvalue weighted by atomic mass is 35.5. The van der Waals surface area contributed by atoms with E-state index in [9.17, 15) is 9.59 Å². The van der Waals surface area contributed by atoms with Gasteiger partial charge in [-0.15, -0.1) is 0 Å². The minimum absolute atomic E-state index is 0.0463. The maximum Gasteiger partial charge on any atom is 0.231 e. The van der Waals surface area contributed by atoms with Crippen LogP contribution in [-0.2, 0) is 9.59 Å². The van der Waals surface area contributed by atoms with Crippen LogP contribution in [-0.4, -0.2) is 40.4 Å². The van der Waals surface area contributed by atoms with Gasteiger partial charge in [0.1, 0.15) is 11.4 Å². The standard InChI is InChI=1S/C22H28Cl2N4O3/c1-21(2)9-17(29)28(20(25)27-21)10-11-5-13(11)19(30)26-16-8-22(3,4)31-18-14(16)6-12(23)7-15(18)24/h6-7,11,13,16H,5,8-10H2,1-4H3,(H2,25,27)(H,26,30)/t11-,13?,16+/m1/s1. The van der Waals surface area contributed by atoms with E-state index in [4.69, 9.17) is 33.7 Å². The van der Waals surface area contributed by atoms with Gasteiger partial charge in [0, 0.05) is 29.5 Å². The quantitative estimate of drug-likeness (QED) is 0.706. The lowest BCUT2D eigenvalue weighted by Gasteiger charge is -2.38. The van der Waals surface area contributed by atoms with Gasteiger partial charge in [-0.05, 0) is 52.2 Å². The topological polar surface area (TPSA) is 97.0 Å². The van der Waals surface area contributed by atoms with Crippen molar-refractivity contribution in [3.63, 3.8) is 0 Å². The molecule has 2 aliphatic heterocycles. The highest BCUT2D eigenvalue weighted by Crippen LogP contribution is 2.46. The fourth-order valence-electron chi connectivity index (χ4n) is 4.48. The van der Waals surface area contributed by atoms with Crippen LogP contribution in [0.4, 0.5) is 0 Å². The predicted octanol–water partition coefficient (Wildman–Crippen LogP) is 3.67. The molecule has 3 aliphatic rings. The van der Waals surface area contributed by atoms with E-state index < -0.39 is 11.1 Å². The number of guanidine groups is 1. The van der Waals surface area contributed by atoms with E-state index in [1.54, 1.807) is 12.1 Å². The molecule has 1 saturated carbocycles. The van der Waals surface area contributed by atoms with E-state index >= 15 is 0 Å². The first-order valence-corrected chi connectivity index (χ1v) is 11.2. The second-order valence-corrected chi connectivity index (χ2v) is 10.8. The van der Waals surface area contributed by atoms with Crippen LogP contribution < -0.4 is 15.8 Å². The highest BCUT2D eigenvalue weighted by molar-refractivity contribution is 6.35. The summed E-state index contributed by atoms with van der Waals surface area (Å²) in [5, 5.41) is 4.08. The molecule has 2 amide bonds. The van der Waals surface area contributed by atoms with Crippen molar-refractivity contribution < 1.29 is 14.3 Å². The summed E-state index contributed by atoms with van der Waals surface area (Å²) in [4.78, 5) is 31.4. The molecule has 1 aromatic carbocycles. The van der Waals surface area contributed by atoms with Gasteiger partial charge >= 0.3 is 0 Å². The fourth-order valence-corrected chi connectivity index (χ4v) is 5.03. The Kier molecular flexibility index (Phi) is 5.41. The zero-order valence-electron chi connectivity index (χ0n) is 18.2. The Bertz CT molecular complexity index is 976. The third kappa shape index (κ3) is 4.62. The first-order valence-electron chi connectivity index (χ1n) is 10.5. The van der Waals surface area contributed by atoms with Crippen molar-refractivity contribution in [1.29, 1.82) is 0 Å². The number of carbonyl (C=O) groups is 2. The number of ether oxygens (including phenoxy) is 1. The molecule has 0 bridgehead atoms. The second kappa shape index (κ2) is 7.55. The van der Waals surface area contributed by atoms with E-state index in [1.807, 2.05) is 27.7 Å². The van der Waals surface area contributed by atoms with Gasteiger partial charge in [0.2, 0.25) is 11.8 Å². The van der Waals surface area contributed by atoms with Crippen molar-refractivity contribution in [2.24, 2.45) is 22.6 Å². The number of carbonyl (C=O) groups excluding carboxylic acids is 2. The first-order chi connectivity index (χ1) is 14.3. The lowest BCUT2D eigenvalue weighted by atomic mass is 9.89. The molecule has 0 aromatic heterocycles. The third-order valence-electron chi connectivity index (χ3n) is 6.06. The summed E-state index contributed by atoms with van der Waals surface area (Å²) in [6, 6.07) is 3.17. The average molecular weight is 467 g/mol. The molecule has 168 valence electrons. The van der Waals surface area contributed by atoms with Crippen molar-refractivity contribution in [1.82, 2.24) is 10.2 Å². The number of aliphatic imine (C=N–C) groups is 1. The van der Waals surface area contributed by atoms with E-state index in [-0.39, 0.29) is 35.7 Å². The van der Waals surface area contributed by atoms with Gasteiger partial charge in [0.15, 0.2) is 5.96 Å². The number of nitrogens with one attached hydrogen (secondary N) is 1. The molecule has 7 nitrogen and oxygen atoms in total. The van der Waals surface area contributed by atoms with Crippen LogP contribution >= 0.6 is 23.2 Å². The molecule has 1 aromatic rings. The van der Waals surface area contributed by atoms with Gasteiger partial charge in [0.25, 0.3) is 0 Å². The molecular weight excluding hydrogens is 439 g/mol. The Labute approximate surface area is 192 Å². The lowest BCUT2D eigenvalue weighted by molar-refractivity contribution is -0.130. The summed E-state index contributed by atoms with van der Waals surface area (Å²) in [6.07, 6.45) is 1.62. The molecule has 2 heterocycles. The molecular formula is C22H28Cl2N4O3. The Morgan fingerprint density at radius 1 is 1.32 bits per heavy atom. The summed E-state index contributed by atoms with van der Waals surface area (Å²) in [6.45, 7) is 8.11. The second-order valence-electron chi connectivity index (χ2n) is 10.00. The van der Waals surface area contributed by atoms with Crippen LogP contribution in [0.25, 0.3) is 0 Å². The molecule has 1 unspecified atom stereocenters. The van der Waals surface area contributed by atoms with Gasteiger partial charge in [-0.1, -0.05) is 23.2 Å². The molecule has 3 N–H and O–H groups in total. The number of hydrogen-bond donors (Lipinski definition) is 2. The van der Waals surface area contributed by atoms with Crippen molar-refractivity contribution in [3.8, 4) is 5.75 Å². The summed E-state index contributed by atoms with van der Waals surface area (Å²) in [5.74, 6) is 0.596. The number of benzene rings is 1. The SMILES string of the molecule is CC1(C)CC(=O)N(C[C@H]2CC2C(=O)N[C@H]2CC(C)(C)Oc3c(Cl)cc(Cl)cc32)C(N)=N1. The number of nitrogens with two attached hydrogens (primary N) is 1. The molecule has 31 heavy (non-hydrogen) atoms. The third-order valence-corrected chi connectivity index (χ3v) is 6.56. The number of hydrogen-bond acceptors (Lipinski definition) is 5. The Morgan fingerprint density at radius 3 is 2.71 bits per heavy atom. The van der Waals surface area contributed by atoms with Gasteiger partial charge < -0.3 is 15.8 Å². The van der Waals surface area contributed by atoms with E-state index in [2.05, 4.69) is 10.3 Å². The molecule has 1 fully saturated rings. The van der Waals surface area contributed by atoms with Gasteiger partial charge in [-0.25, -0.2) is 4.99 Å². The molecule has 9 heteroatoms. The lowest BCUT2D eigenvalue weighted by Crippen LogP contribution is -2.50. The highest BCUT2D eigenvalue weighted by Gasteiger charge is 2.47. The number of amides is 2. The fraction of sp³-hybridized carbons (Fsp3) is 0.591. The van der Waals surface area contributed by atoms with E-state index in [0.29, 0.717) is 41.6 Å². The zero-order chi connectivity index (χ0) is 22.7. The summed E-state index contributed by atoms with van der Waals surface area (Å²) >= 11 is 12.5. The normalized spacial score (nSPS) is 28.3. The molecule has 4 rings (SSSR count). The Balaban J connectivity index is 1.44. The van der Waals surface area contributed by atoms with Gasteiger partial charge in [0.05, 0.1) is 23.0 Å². The summed E-state index contributed by atoms with van der Waals surface area (Å²) in [7, 11) is 0. The molecule has 0 saturated heterocycles. The van der Waals surface area contributed by atoms with Crippen molar-refractivity contribution in [3.05, 3.63) is 27.7 Å². The first kappa shape index (κ1) is 22.2. The Hall–Kier alpha value is -1.99. The van der Waals surface area contributed by atoms with Crippen LogP contribution in [0, 0.1) is 11.8 Å². The number of rotatable bonds is 4. The van der Waals surface area contributed by atoms with Crippen LogP contribution in [0.1, 0.15) is 58.6 Å². The van der Waals surface area contributed by atoms with Crippen molar-refractivity contribution in [2.45, 2.75) is 64.1 Å². The van der Waals surface area contributed by atoms with Crippen molar-refractivity contribution in [2.75, 3.05) is 6.54 Å². The van der Waals surface area contributed by atoms with E-state index in [0.717, 1.165) is 5.56 Å². The molecule has 1 aliphatic carbocycles. The minimum Gasteiger partial charge on any atom is -0.486 e. The maximum atomic E-state index is 13.0. The monoisotopic (exact) mass is 466 g/mol. The summed E-state index contributed by atoms with van der Waals surface area (Å²) in [5.41, 5.74) is 5.84. The number of nitrogens with zero attached hydrogens (tertiary/aromatic N) is 2. The minimum atomic E-state index is -0.483. The smallest absolute Gasteiger partial charge is 0.231 e. The van der Waals surface area contributed by atoms with Crippen LogP contribution in [0.2, 0.25) is 10.0 Å². The van der Waals surface area contributed by atoms with Crippen molar-refractivity contribution >= 4 is 41.0 Å².